The van der Waals surface area contributed by atoms with Gasteiger partial charge >= 0.3 is 0 Å². The molecule has 0 N–H and O–H groups in total. The van der Waals surface area contributed by atoms with Crippen molar-refractivity contribution >= 4 is 21.6 Å². The Kier molecular flexibility index (Phi) is 3.14. The first kappa shape index (κ1) is 11.8. The summed E-state index contributed by atoms with van der Waals surface area (Å²) in [7, 11) is -3.44. The normalized spacial score (nSPS) is 22.5. The fourth-order valence-corrected chi connectivity index (χ4v) is 3.26. The van der Waals surface area contributed by atoms with Gasteiger partial charge in [-0.05, 0) is 23.9 Å². The van der Waals surface area contributed by atoms with Crippen LogP contribution in [0.2, 0.25) is 5.28 Å². The van der Waals surface area contributed by atoms with Crippen molar-refractivity contribution in [2.75, 3.05) is 13.1 Å². The summed E-state index contributed by atoms with van der Waals surface area (Å²) in [4.78, 5) is 7.47. The van der Waals surface area contributed by atoms with E-state index >= 15 is 0 Å². The number of halogens is 1. The zero-order valence-electron chi connectivity index (χ0n) is 8.80. The van der Waals surface area contributed by atoms with E-state index in [0.717, 1.165) is 6.42 Å². The molecule has 1 unspecified atom stereocenters. The molecule has 0 bridgehead atoms. The Morgan fingerprint density at radius 1 is 1.44 bits per heavy atom. The van der Waals surface area contributed by atoms with Crippen LogP contribution >= 0.6 is 11.6 Å². The fraction of sp³-hybridized carbons (Fsp3) is 0.556. The third-order valence-electron chi connectivity index (χ3n) is 2.62. The third kappa shape index (κ3) is 2.18. The van der Waals surface area contributed by atoms with Gasteiger partial charge in [-0.15, -0.1) is 0 Å². The molecular formula is C9H12ClN3O2S. The van der Waals surface area contributed by atoms with Gasteiger partial charge < -0.3 is 0 Å². The second-order valence-corrected chi connectivity index (χ2v) is 6.22. The first-order chi connectivity index (χ1) is 7.50. The molecule has 0 aliphatic carbocycles. The first-order valence-corrected chi connectivity index (χ1v) is 6.79. The van der Waals surface area contributed by atoms with Crippen molar-refractivity contribution < 1.29 is 8.42 Å². The summed E-state index contributed by atoms with van der Waals surface area (Å²) in [5, 5.41) is 0.0498. The van der Waals surface area contributed by atoms with Gasteiger partial charge in [0.25, 0.3) is 0 Å². The molecule has 16 heavy (non-hydrogen) atoms. The summed E-state index contributed by atoms with van der Waals surface area (Å²) in [5.41, 5.74) is 0. The SMILES string of the molecule is CC1CCN(S(=O)(=O)c2cnc(Cl)nc2)C1. The summed E-state index contributed by atoms with van der Waals surface area (Å²) < 4.78 is 25.7. The molecule has 7 heteroatoms. The molecule has 88 valence electrons. The van der Waals surface area contributed by atoms with Crippen LogP contribution in [-0.2, 0) is 10.0 Å². The lowest BCUT2D eigenvalue weighted by Crippen LogP contribution is -2.28. The molecule has 1 aromatic rings. The average Bonchev–Trinajstić information content (AvgIpc) is 2.66. The number of sulfonamides is 1. The quantitative estimate of drug-likeness (QED) is 0.750. The molecule has 1 aliphatic heterocycles. The number of hydrogen-bond donors (Lipinski definition) is 0. The van der Waals surface area contributed by atoms with Crippen LogP contribution in [0.15, 0.2) is 17.3 Å². The lowest BCUT2D eigenvalue weighted by molar-refractivity contribution is 0.464. The monoisotopic (exact) mass is 261 g/mol. The summed E-state index contributed by atoms with van der Waals surface area (Å²) in [6.45, 7) is 3.16. The van der Waals surface area contributed by atoms with Crippen molar-refractivity contribution in [1.29, 1.82) is 0 Å². The molecular weight excluding hydrogens is 250 g/mol. The van der Waals surface area contributed by atoms with Gasteiger partial charge in [0.1, 0.15) is 4.90 Å². The summed E-state index contributed by atoms with van der Waals surface area (Å²) in [5.74, 6) is 0.406. The Hall–Kier alpha value is -0.720. The van der Waals surface area contributed by atoms with Gasteiger partial charge in [0.2, 0.25) is 15.3 Å². The number of hydrogen-bond acceptors (Lipinski definition) is 4. The van der Waals surface area contributed by atoms with Crippen LogP contribution in [0.25, 0.3) is 0 Å². The molecule has 0 aromatic carbocycles. The highest BCUT2D eigenvalue weighted by atomic mass is 35.5. The van der Waals surface area contributed by atoms with E-state index in [2.05, 4.69) is 9.97 Å². The van der Waals surface area contributed by atoms with Crippen LogP contribution in [0.5, 0.6) is 0 Å². The lowest BCUT2D eigenvalue weighted by Gasteiger charge is -2.15. The number of rotatable bonds is 2. The van der Waals surface area contributed by atoms with Gasteiger partial charge in [-0.3, -0.25) is 0 Å². The van der Waals surface area contributed by atoms with Gasteiger partial charge in [-0.25, -0.2) is 18.4 Å². The lowest BCUT2D eigenvalue weighted by atomic mass is 10.2. The Morgan fingerprint density at radius 2 is 2.06 bits per heavy atom. The maximum atomic E-state index is 12.1. The predicted molar refractivity (Wildman–Crippen MR) is 59.6 cm³/mol. The van der Waals surface area contributed by atoms with Gasteiger partial charge in [0, 0.05) is 13.1 Å². The Bertz CT molecular complexity index is 474. The van der Waals surface area contributed by atoms with Crippen LogP contribution in [0.3, 0.4) is 0 Å². The molecule has 5 nitrogen and oxygen atoms in total. The summed E-state index contributed by atoms with van der Waals surface area (Å²) >= 11 is 5.51. The van der Waals surface area contributed by atoms with Crippen LogP contribution in [-0.4, -0.2) is 35.8 Å². The zero-order chi connectivity index (χ0) is 11.8. The molecule has 2 heterocycles. The van der Waals surface area contributed by atoms with Crippen molar-refractivity contribution in [1.82, 2.24) is 14.3 Å². The standard InChI is InChI=1S/C9H12ClN3O2S/c1-7-2-3-13(6-7)16(14,15)8-4-11-9(10)12-5-8/h4-5,7H,2-3,6H2,1H3. The zero-order valence-corrected chi connectivity index (χ0v) is 10.4. The first-order valence-electron chi connectivity index (χ1n) is 4.98. The minimum Gasteiger partial charge on any atom is -0.225 e. The molecule has 0 saturated carbocycles. The maximum absolute atomic E-state index is 12.1. The molecule has 1 saturated heterocycles. The highest BCUT2D eigenvalue weighted by Crippen LogP contribution is 2.23. The largest absolute Gasteiger partial charge is 0.246 e. The summed E-state index contributed by atoms with van der Waals surface area (Å²) in [6, 6.07) is 0. The smallest absolute Gasteiger partial charge is 0.225 e. The topological polar surface area (TPSA) is 63.2 Å². The summed E-state index contributed by atoms with van der Waals surface area (Å²) in [6.07, 6.45) is 3.38. The highest BCUT2D eigenvalue weighted by Gasteiger charge is 2.30. The Labute approximate surface area is 99.5 Å². The van der Waals surface area contributed by atoms with E-state index in [1.165, 1.54) is 16.7 Å². The highest BCUT2D eigenvalue weighted by molar-refractivity contribution is 7.89. The van der Waals surface area contributed by atoms with E-state index in [1.807, 2.05) is 6.92 Å². The molecule has 1 atom stereocenters. The molecule has 2 rings (SSSR count). The van der Waals surface area contributed by atoms with E-state index in [4.69, 9.17) is 11.6 Å². The maximum Gasteiger partial charge on any atom is 0.246 e. The molecule has 0 spiro atoms. The predicted octanol–water partition coefficient (Wildman–Crippen LogP) is 1.16. The van der Waals surface area contributed by atoms with E-state index in [1.54, 1.807) is 0 Å². The second-order valence-electron chi connectivity index (χ2n) is 3.94. The van der Waals surface area contributed by atoms with Crippen molar-refractivity contribution in [3.05, 3.63) is 17.7 Å². The van der Waals surface area contributed by atoms with E-state index in [9.17, 15) is 8.42 Å². The average molecular weight is 262 g/mol. The van der Waals surface area contributed by atoms with Gasteiger partial charge in [-0.1, -0.05) is 6.92 Å². The minimum absolute atomic E-state index is 0.0498. The molecule has 0 radical (unpaired) electrons. The van der Waals surface area contributed by atoms with Crippen LogP contribution in [0.1, 0.15) is 13.3 Å². The Morgan fingerprint density at radius 3 is 2.56 bits per heavy atom. The third-order valence-corrected chi connectivity index (χ3v) is 4.63. The second kappa shape index (κ2) is 4.27. The van der Waals surface area contributed by atoms with Gasteiger partial charge in [-0.2, -0.15) is 4.31 Å². The van der Waals surface area contributed by atoms with Crippen LogP contribution in [0.4, 0.5) is 0 Å². The molecule has 1 fully saturated rings. The van der Waals surface area contributed by atoms with Crippen LogP contribution in [0, 0.1) is 5.92 Å². The van der Waals surface area contributed by atoms with E-state index in [0.29, 0.717) is 19.0 Å². The van der Waals surface area contributed by atoms with Crippen molar-refractivity contribution in [3.63, 3.8) is 0 Å². The van der Waals surface area contributed by atoms with Gasteiger partial charge in [0.15, 0.2) is 0 Å². The van der Waals surface area contributed by atoms with Crippen LogP contribution < -0.4 is 0 Å². The van der Waals surface area contributed by atoms with Crippen molar-refractivity contribution in [2.24, 2.45) is 5.92 Å². The van der Waals surface area contributed by atoms with E-state index in [-0.39, 0.29) is 10.2 Å². The minimum atomic E-state index is -3.44. The van der Waals surface area contributed by atoms with Gasteiger partial charge in [0.05, 0.1) is 12.4 Å². The fourth-order valence-electron chi connectivity index (χ4n) is 1.70. The molecule has 1 aliphatic rings. The Balaban J connectivity index is 2.29. The van der Waals surface area contributed by atoms with Crippen molar-refractivity contribution in [3.8, 4) is 0 Å². The van der Waals surface area contributed by atoms with E-state index < -0.39 is 10.0 Å². The number of nitrogens with zero attached hydrogens (tertiary/aromatic N) is 3. The number of aromatic nitrogens is 2. The molecule has 1 aromatic heterocycles. The van der Waals surface area contributed by atoms with Crippen molar-refractivity contribution in [2.45, 2.75) is 18.2 Å². The molecule has 0 amide bonds.